The number of hydrogen-bond acceptors (Lipinski definition) is 5. The van der Waals surface area contributed by atoms with E-state index in [9.17, 15) is 10.1 Å². The summed E-state index contributed by atoms with van der Waals surface area (Å²) in [4.78, 5) is 10.3. The molecule has 0 radical (unpaired) electrons. The van der Waals surface area contributed by atoms with Gasteiger partial charge in [0.05, 0.1) is 4.92 Å². The van der Waals surface area contributed by atoms with Gasteiger partial charge in [0, 0.05) is 35.1 Å². The fourth-order valence-corrected chi connectivity index (χ4v) is 4.01. The molecule has 1 saturated heterocycles. The van der Waals surface area contributed by atoms with Crippen molar-refractivity contribution in [1.82, 2.24) is 10.6 Å². The van der Waals surface area contributed by atoms with Crippen LogP contribution in [-0.2, 0) is 6.54 Å². The molecular formula is C14H23N3O2S. The second-order valence-corrected chi connectivity index (χ2v) is 7.82. The summed E-state index contributed by atoms with van der Waals surface area (Å²) < 4.78 is 0. The third-order valence-electron chi connectivity index (χ3n) is 3.60. The lowest BCUT2D eigenvalue weighted by Gasteiger charge is -2.46. The van der Waals surface area contributed by atoms with Gasteiger partial charge in [0.1, 0.15) is 0 Å². The topological polar surface area (TPSA) is 67.2 Å². The van der Waals surface area contributed by atoms with Crippen molar-refractivity contribution in [2.24, 2.45) is 0 Å². The summed E-state index contributed by atoms with van der Waals surface area (Å²) in [5.74, 6) is 0. The van der Waals surface area contributed by atoms with Gasteiger partial charge in [0.2, 0.25) is 0 Å². The first kappa shape index (κ1) is 15.4. The smallest absolute Gasteiger partial charge is 0.310 e. The summed E-state index contributed by atoms with van der Waals surface area (Å²) in [6.07, 6.45) is 2.12. The summed E-state index contributed by atoms with van der Waals surface area (Å²) in [6.45, 7) is 9.58. The molecule has 1 fully saturated rings. The molecule has 5 nitrogen and oxygen atoms in total. The number of piperidine rings is 1. The van der Waals surface area contributed by atoms with Gasteiger partial charge in [-0.3, -0.25) is 10.1 Å². The van der Waals surface area contributed by atoms with E-state index in [1.165, 1.54) is 11.3 Å². The first-order valence-electron chi connectivity index (χ1n) is 6.91. The zero-order chi connectivity index (χ0) is 15.0. The molecule has 2 N–H and O–H groups in total. The SMILES string of the molecule is CC1(C)CC(NCc2csc([N+](=O)[O-])c2)CC(C)(C)N1. The van der Waals surface area contributed by atoms with E-state index in [2.05, 4.69) is 38.3 Å². The van der Waals surface area contributed by atoms with Crippen LogP contribution in [0.3, 0.4) is 0 Å². The molecule has 0 bridgehead atoms. The second-order valence-electron chi connectivity index (χ2n) is 6.93. The van der Waals surface area contributed by atoms with Gasteiger partial charge in [-0.1, -0.05) is 11.3 Å². The van der Waals surface area contributed by atoms with E-state index in [0.717, 1.165) is 18.4 Å². The molecule has 6 heteroatoms. The predicted molar refractivity (Wildman–Crippen MR) is 82.1 cm³/mol. The summed E-state index contributed by atoms with van der Waals surface area (Å²) >= 11 is 1.19. The first-order chi connectivity index (χ1) is 9.17. The maximum Gasteiger partial charge on any atom is 0.324 e. The normalized spacial score (nSPS) is 21.8. The Bertz CT molecular complexity index is 480. The largest absolute Gasteiger partial charge is 0.324 e. The van der Waals surface area contributed by atoms with E-state index >= 15 is 0 Å². The second kappa shape index (κ2) is 5.42. The Morgan fingerprint density at radius 3 is 2.50 bits per heavy atom. The van der Waals surface area contributed by atoms with Gasteiger partial charge >= 0.3 is 5.00 Å². The minimum absolute atomic E-state index is 0.111. The molecule has 0 aromatic carbocycles. The van der Waals surface area contributed by atoms with Crippen molar-refractivity contribution in [3.05, 3.63) is 27.1 Å². The predicted octanol–water partition coefficient (Wildman–Crippen LogP) is 3.06. The monoisotopic (exact) mass is 297 g/mol. The molecular weight excluding hydrogens is 274 g/mol. The summed E-state index contributed by atoms with van der Waals surface area (Å²) in [5.41, 5.74) is 1.22. The standard InChI is InChI=1S/C14H23N3O2S/c1-13(2)6-11(7-14(3,4)16-13)15-8-10-5-12(17(18)19)20-9-10/h5,9,11,15-16H,6-8H2,1-4H3. The third-order valence-corrected chi connectivity index (χ3v) is 4.53. The Hall–Kier alpha value is -0.980. The molecule has 2 heterocycles. The highest BCUT2D eigenvalue weighted by atomic mass is 32.1. The highest BCUT2D eigenvalue weighted by Crippen LogP contribution is 2.29. The van der Waals surface area contributed by atoms with E-state index in [0.29, 0.717) is 12.6 Å². The molecule has 1 aromatic rings. The van der Waals surface area contributed by atoms with Crippen molar-refractivity contribution in [1.29, 1.82) is 0 Å². The van der Waals surface area contributed by atoms with Crippen LogP contribution in [0.5, 0.6) is 0 Å². The van der Waals surface area contributed by atoms with Crippen LogP contribution in [0.1, 0.15) is 46.1 Å². The van der Waals surface area contributed by atoms with Crippen LogP contribution < -0.4 is 10.6 Å². The van der Waals surface area contributed by atoms with Crippen molar-refractivity contribution in [2.45, 2.75) is 64.2 Å². The number of rotatable bonds is 4. The van der Waals surface area contributed by atoms with Crippen LogP contribution in [-0.4, -0.2) is 22.0 Å². The molecule has 0 spiro atoms. The van der Waals surface area contributed by atoms with Crippen molar-refractivity contribution in [2.75, 3.05) is 0 Å². The van der Waals surface area contributed by atoms with Crippen molar-refractivity contribution >= 4 is 16.3 Å². The van der Waals surface area contributed by atoms with Gasteiger partial charge in [-0.2, -0.15) is 0 Å². The van der Waals surface area contributed by atoms with Crippen LogP contribution in [0.15, 0.2) is 11.4 Å². The summed E-state index contributed by atoms with van der Waals surface area (Å²) in [5, 5.41) is 20.0. The maximum atomic E-state index is 10.7. The minimum Gasteiger partial charge on any atom is -0.310 e. The first-order valence-corrected chi connectivity index (χ1v) is 7.79. The molecule has 1 aliphatic heterocycles. The van der Waals surface area contributed by atoms with E-state index in [1.54, 1.807) is 6.07 Å². The molecule has 112 valence electrons. The van der Waals surface area contributed by atoms with Crippen molar-refractivity contribution in [3.63, 3.8) is 0 Å². The number of hydrogen-bond donors (Lipinski definition) is 2. The summed E-state index contributed by atoms with van der Waals surface area (Å²) in [6, 6.07) is 2.09. The number of nitrogens with one attached hydrogen (secondary N) is 2. The van der Waals surface area contributed by atoms with Gasteiger partial charge in [-0.05, 0) is 46.1 Å². The molecule has 0 unspecified atom stereocenters. The lowest BCUT2D eigenvalue weighted by Crippen LogP contribution is -2.61. The van der Waals surface area contributed by atoms with Crippen LogP contribution in [0.25, 0.3) is 0 Å². The number of thiophene rings is 1. The lowest BCUT2D eigenvalue weighted by atomic mass is 9.79. The zero-order valence-corrected chi connectivity index (χ0v) is 13.3. The minimum atomic E-state index is -0.328. The average molecular weight is 297 g/mol. The van der Waals surface area contributed by atoms with E-state index in [-0.39, 0.29) is 21.0 Å². The molecule has 20 heavy (non-hydrogen) atoms. The third kappa shape index (κ3) is 4.01. The molecule has 0 amide bonds. The van der Waals surface area contributed by atoms with Crippen LogP contribution in [0.4, 0.5) is 5.00 Å². The molecule has 0 atom stereocenters. The highest BCUT2D eigenvalue weighted by Gasteiger charge is 2.37. The molecule has 1 aliphatic rings. The van der Waals surface area contributed by atoms with E-state index in [1.807, 2.05) is 5.38 Å². The Labute approximate surface area is 123 Å². The van der Waals surface area contributed by atoms with Crippen molar-refractivity contribution in [3.8, 4) is 0 Å². The number of nitrogens with zero attached hydrogens (tertiary/aromatic N) is 1. The molecule has 0 saturated carbocycles. The number of nitro groups is 1. The van der Waals surface area contributed by atoms with E-state index in [4.69, 9.17) is 0 Å². The van der Waals surface area contributed by atoms with Gasteiger partial charge in [-0.15, -0.1) is 0 Å². The fraction of sp³-hybridized carbons (Fsp3) is 0.714. The van der Waals surface area contributed by atoms with Crippen molar-refractivity contribution < 1.29 is 4.92 Å². The quantitative estimate of drug-likeness (QED) is 0.662. The summed E-state index contributed by atoms with van der Waals surface area (Å²) in [7, 11) is 0. The molecule has 2 rings (SSSR count). The van der Waals surface area contributed by atoms with Gasteiger partial charge < -0.3 is 10.6 Å². The van der Waals surface area contributed by atoms with Gasteiger partial charge in [0.25, 0.3) is 0 Å². The lowest BCUT2D eigenvalue weighted by molar-refractivity contribution is -0.380. The average Bonchev–Trinajstić information content (AvgIpc) is 2.70. The molecule has 1 aromatic heterocycles. The van der Waals surface area contributed by atoms with Crippen LogP contribution in [0.2, 0.25) is 0 Å². The Balaban J connectivity index is 1.94. The van der Waals surface area contributed by atoms with Gasteiger partial charge in [0.15, 0.2) is 0 Å². The Morgan fingerprint density at radius 2 is 2.00 bits per heavy atom. The van der Waals surface area contributed by atoms with Crippen LogP contribution in [0, 0.1) is 10.1 Å². The Kier molecular flexibility index (Phi) is 4.18. The highest BCUT2D eigenvalue weighted by molar-refractivity contribution is 7.13. The zero-order valence-electron chi connectivity index (χ0n) is 12.5. The van der Waals surface area contributed by atoms with Crippen LogP contribution >= 0.6 is 11.3 Å². The maximum absolute atomic E-state index is 10.7. The van der Waals surface area contributed by atoms with Gasteiger partial charge in [-0.25, -0.2) is 0 Å². The fourth-order valence-electron chi connectivity index (χ4n) is 3.28. The Morgan fingerprint density at radius 1 is 1.40 bits per heavy atom. The van der Waals surface area contributed by atoms with E-state index < -0.39 is 0 Å². The molecule has 0 aliphatic carbocycles.